The van der Waals surface area contributed by atoms with E-state index in [0.717, 1.165) is 27.5 Å². The molecule has 7 heteroatoms. The van der Waals surface area contributed by atoms with Gasteiger partial charge in [0.05, 0.1) is 6.42 Å². The SMILES string of the molecule is N/C(=N\O)C1(O)CCN(C(=O)Cc2ccc3oc4ccccc4c3c2)CC1. The molecule has 0 unspecified atom stereocenters. The zero-order valence-corrected chi connectivity index (χ0v) is 14.8. The first kappa shape index (κ1) is 17.4. The maximum absolute atomic E-state index is 12.7. The van der Waals surface area contributed by atoms with Gasteiger partial charge in [-0.1, -0.05) is 29.4 Å². The van der Waals surface area contributed by atoms with E-state index in [1.54, 1.807) is 4.90 Å². The largest absolute Gasteiger partial charge is 0.456 e. The number of aliphatic hydroxyl groups is 1. The number of amidine groups is 1. The molecule has 7 nitrogen and oxygen atoms in total. The number of para-hydroxylation sites is 1. The molecule has 1 amide bonds. The van der Waals surface area contributed by atoms with Crippen molar-refractivity contribution in [1.82, 2.24) is 4.90 Å². The molecule has 1 aliphatic heterocycles. The minimum Gasteiger partial charge on any atom is -0.456 e. The first-order valence-corrected chi connectivity index (χ1v) is 8.88. The van der Waals surface area contributed by atoms with E-state index in [9.17, 15) is 9.90 Å². The van der Waals surface area contributed by atoms with Gasteiger partial charge in [0.2, 0.25) is 5.91 Å². The molecular formula is C20H21N3O4. The third-order valence-corrected chi connectivity index (χ3v) is 5.32. The van der Waals surface area contributed by atoms with Gasteiger partial charge in [0, 0.05) is 36.7 Å². The molecule has 27 heavy (non-hydrogen) atoms. The predicted molar refractivity (Wildman–Crippen MR) is 102 cm³/mol. The number of rotatable bonds is 3. The maximum atomic E-state index is 12.7. The van der Waals surface area contributed by atoms with Crippen molar-refractivity contribution in [1.29, 1.82) is 0 Å². The van der Waals surface area contributed by atoms with E-state index < -0.39 is 5.60 Å². The van der Waals surface area contributed by atoms with Crippen LogP contribution in [0.5, 0.6) is 0 Å². The van der Waals surface area contributed by atoms with Crippen molar-refractivity contribution in [3.63, 3.8) is 0 Å². The van der Waals surface area contributed by atoms with E-state index in [4.69, 9.17) is 15.4 Å². The number of benzene rings is 2. The van der Waals surface area contributed by atoms with E-state index in [0.29, 0.717) is 13.1 Å². The summed E-state index contributed by atoms with van der Waals surface area (Å²) in [6.45, 7) is 0.727. The molecule has 4 N–H and O–H groups in total. The molecule has 3 aromatic rings. The summed E-state index contributed by atoms with van der Waals surface area (Å²) >= 11 is 0. The fraction of sp³-hybridized carbons (Fsp3) is 0.300. The summed E-state index contributed by atoms with van der Waals surface area (Å²) in [5.74, 6) is -0.212. The summed E-state index contributed by atoms with van der Waals surface area (Å²) in [7, 11) is 0. The highest BCUT2D eigenvalue weighted by Crippen LogP contribution is 2.29. The number of carbonyl (C=O) groups excluding carboxylic acids is 1. The second-order valence-corrected chi connectivity index (χ2v) is 7.00. The molecule has 1 saturated heterocycles. The number of nitrogens with two attached hydrogens (primary N) is 1. The molecule has 2 heterocycles. The standard InChI is InChI=1S/C20H21N3O4/c21-19(22-26)20(25)7-9-23(10-8-20)18(24)12-13-5-6-17-15(11-13)14-3-1-2-4-16(14)27-17/h1-6,11,25-26H,7-10,12H2,(H2,21,22). The van der Waals surface area contributed by atoms with Crippen LogP contribution in [0.4, 0.5) is 0 Å². The van der Waals surface area contributed by atoms with E-state index >= 15 is 0 Å². The Bertz CT molecular complexity index is 1030. The van der Waals surface area contributed by atoms with Crippen LogP contribution in [0.25, 0.3) is 21.9 Å². The number of nitrogens with zero attached hydrogens (tertiary/aromatic N) is 2. The Labute approximate surface area is 155 Å². The van der Waals surface area contributed by atoms with Gasteiger partial charge in [-0.15, -0.1) is 0 Å². The molecule has 0 atom stereocenters. The maximum Gasteiger partial charge on any atom is 0.226 e. The van der Waals surface area contributed by atoms with Crippen LogP contribution in [-0.2, 0) is 11.2 Å². The summed E-state index contributed by atoms with van der Waals surface area (Å²) in [5, 5.41) is 24.1. The molecular weight excluding hydrogens is 346 g/mol. The Morgan fingerprint density at radius 2 is 1.85 bits per heavy atom. The lowest BCUT2D eigenvalue weighted by Crippen LogP contribution is -2.53. The summed E-state index contributed by atoms with van der Waals surface area (Å²) in [5.41, 5.74) is 6.75. The molecule has 0 saturated carbocycles. The minimum absolute atomic E-state index is 0.0105. The Hall–Kier alpha value is -3.06. The molecule has 0 aliphatic carbocycles. The number of hydrogen-bond donors (Lipinski definition) is 3. The number of fused-ring (bicyclic) bond motifs is 3. The van der Waals surface area contributed by atoms with Gasteiger partial charge in [-0.2, -0.15) is 0 Å². The molecule has 4 rings (SSSR count). The van der Waals surface area contributed by atoms with Crippen LogP contribution in [-0.4, -0.2) is 45.6 Å². The summed E-state index contributed by atoms with van der Waals surface area (Å²) in [4.78, 5) is 14.4. The molecule has 1 fully saturated rings. The van der Waals surface area contributed by atoms with E-state index in [-0.39, 0.29) is 31.0 Å². The van der Waals surface area contributed by atoms with Crippen molar-refractivity contribution in [2.75, 3.05) is 13.1 Å². The molecule has 140 valence electrons. The Kier molecular flexibility index (Phi) is 4.24. The van der Waals surface area contributed by atoms with Crippen molar-refractivity contribution in [3.8, 4) is 0 Å². The first-order valence-electron chi connectivity index (χ1n) is 8.88. The number of likely N-dealkylation sites (tertiary alicyclic amines) is 1. The topological polar surface area (TPSA) is 112 Å². The lowest BCUT2D eigenvalue weighted by molar-refractivity contribution is -0.133. The van der Waals surface area contributed by atoms with Crippen molar-refractivity contribution >= 4 is 33.7 Å². The van der Waals surface area contributed by atoms with Crippen LogP contribution in [0.3, 0.4) is 0 Å². The first-order chi connectivity index (χ1) is 13.0. The zero-order valence-electron chi connectivity index (χ0n) is 14.8. The van der Waals surface area contributed by atoms with Crippen LogP contribution >= 0.6 is 0 Å². The van der Waals surface area contributed by atoms with Gasteiger partial charge in [-0.25, -0.2) is 0 Å². The van der Waals surface area contributed by atoms with Gasteiger partial charge in [-0.3, -0.25) is 4.79 Å². The molecule has 1 aliphatic rings. The van der Waals surface area contributed by atoms with E-state index in [1.165, 1.54) is 0 Å². The summed E-state index contributed by atoms with van der Waals surface area (Å²) < 4.78 is 5.82. The Balaban J connectivity index is 1.49. The summed E-state index contributed by atoms with van der Waals surface area (Å²) in [6, 6.07) is 13.6. The van der Waals surface area contributed by atoms with Crippen LogP contribution in [0.15, 0.2) is 52.0 Å². The lowest BCUT2D eigenvalue weighted by atomic mass is 9.90. The highest BCUT2D eigenvalue weighted by Gasteiger charge is 2.37. The fourth-order valence-corrected chi connectivity index (χ4v) is 3.64. The van der Waals surface area contributed by atoms with Crippen molar-refractivity contribution in [2.24, 2.45) is 10.9 Å². The summed E-state index contributed by atoms with van der Waals surface area (Å²) in [6.07, 6.45) is 0.775. The molecule has 1 aromatic heterocycles. The molecule has 2 aromatic carbocycles. The number of piperidine rings is 1. The number of hydrogen-bond acceptors (Lipinski definition) is 5. The van der Waals surface area contributed by atoms with Crippen molar-refractivity contribution in [3.05, 3.63) is 48.0 Å². The van der Waals surface area contributed by atoms with Gasteiger partial charge in [0.25, 0.3) is 0 Å². The fourth-order valence-electron chi connectivity index (χ4n) is 3.64. The third-order valence-electron chi connectivity index (χ3n) is 5.32. The van der Waals surface area contributed by atoms with E-state index in [1.807, 2.05) is 42.5 Å². The van der Waals surface area contributed by atoms with Crippen LogP contribution in [0.2, 0.25) is 0 Å². The quantitative estimate of drug-likeness (QED) is 0.284. The number of furan rings is 1. The molecule has 0 radical (unpaired) electrons. The number of amides is 1. The van der Waals surface area contributed by atoms with Gasteiger partial charge in [0.15, 0.2) is 5.84 Å². The van der Waals surface area contributed by atoms with Gasteiger partial charge >= 0.3 is 0 Å². The third kappa shape index (κ3) is 3.10. The van der Waals surface area contributed by atoms with Crippen LogP contribution in [0, 0.1) is 0 Å². The second-order valence-electron chi connectivity index (χ2n) is 7.00. The Morgan fingerprint density at radius 3 is 2.59 bits per heavy atom. The second kappa shape index (κ2) is 6.59. The van der Waals surface area contributed by atoms with Crippen molar-refractivity contribution < 1.29 is 19.5 Å². The minimum atomic E-state index is -1.35. The number of carbonyl (C=O) groups is 1. The van der Waals surface area contributed by atoms with Crippen LogP contribution in [0.1, 0.15) is 18.4 Å². The molecule has 0 spiro atoms. The lowest BCUT2D eigenvalue weighted by Gasteiger charge is -2.37. The smallest absolute Gasteiger partial charge is 0.226 e. The van der Waals surface area contributed by atoms with Gasteiger partial charge < -0.3 is 25.4 Å². The highest BCUT2D eigenvalue weighted by atomic mass is 16.4. The number of oxime groups is 1. The van der Waals surface area contributed by atoms with Crippen molar-refractivity contribution in [2.45, 2.75) is 24.9 Å². The Morgan fingerprint density at radius 1 is 1.15 bits per heavy atom. The van der Waals surface area contributed by atoms with Crippen LogP contribution < -0.4 is 5.73 Å². The van der Waals surface area contributed by atoms with Gasteiger partial charge in [0.1, 0.15) is 16.8 Å². The molecule has 0 bridgehead atoms. The predicted octanol–water partition coefficient (Wildman–Crippen LogP) is 2.23. The average Bonchev–Trinajstić information content (AvgIpc) is 3.06. The monoisotopic (exact) mass is 367 g/mol. The van der Waals surface area contributed by atoms with Gasteiger partial charge in [-0.05, 0) is 23.8 Å². The highest BCUT2D eigenvalue weighted by molar-refractivity contribution is 6.05. The average molecular weight is 367 g/mol. The zero-order chi connectivity index (χ0) is 19.0. The normalized spacial score (nSPS) is 17.5. The van der Waals surface area contributed by atoms with E-state index in [2.05, 4.69) is 5.16 Å².